The lowest BCUT2D eigenvalue weighted by Gasteiger charge is -2.45. The summed E-state index contributed by atoms with van der Waals surface area (Å²) in [6, 6.07) is 1.77. The monoisotopic (exact) mass is 251 g/mol. The fourth-order valence-electron chi connectivity index (χ4n) is 4.45. The Morgan fingerprint density at radius 1 is 1.06 bits per heavy atom. The second kappa shape index (κ2) is 5.89. The van der Waals surface area contributed by atoms with Gasteiger partial charge in [-0.05, 0) is 71.2 Å². The summed E-state index contributed by atoms with van der Waals surface area (Å²) in [6.45, 7) is 6.67. The predicted molar refractivity (Wildman–Crippen MR) is 75.8 cm³/mol. The van der Waals surface area contributed by atoms with Crippen LogP contribution in [0.25, 0.3) is 0 Å². The van der Waals surface area contributed by atoms with Crippen LogP contribution in [0.15, 0.2) is 0 Å². The molecule has 0 spiro atoms. The van der Waals surface area contributed by atoms with E-state index in [2.05, 4.69) is 22.2 Å². The predicted octanol–water partition coefficient (Wildman–Crippen LogP) is 1.54. The van der Waals surface area contributed by atoms with Gasteiger partial charge in [-0.25, -0.2) is 0 Å². The molecule has 0 saturated carbocycles. The molecule has 3 fully saturated rings. The van der Waals surface area contributed by atoms with Crippen molar-refractivity contribution < 1.29 is 0 Å². The highest BCUT2D eigenvalue weighted by Gasteiger charge is 2.39. The zero-order valence-electron chi connectivity index (χ0n) is 11.9. The van der Waals surface area contributed by atoms with Gasteiger partial charge >= 0.3 is 0 Å². The summed E-state index contributed by atoms with van der Waals surface area (Å²) in [5.74, 6) is 0.980. The number of rotatable bonds is 4. The SMILES string of the molecule is CNCCC1CCCCN1C1CCN2CCC1C2. The lowest BCUT2D eigenvalue weighted by molar-refractivity contribution is 0.0357. The second-order valence-electron chi connectivity index (χ2n) is 6.49. The second-order valence-corrected chi connectivity index (χ2v) is 6.49. The standard InChI is InChI=1S/C15H29N3/c1-16-8-5-14-4-2-3-9-18(14)15-7-11-17-10-6-13(15)12-17/h13-16H,2-12H2,1H3. The van der Waals surface area contributed by atoms with Gasteiger partial charge in [0.1, 0.15) is 0 Å². The molecule has 0 aromatic rings. The molecule has 1 N–H and O–H groups in total. The smallest absolute Gasteiger partial charge is 0.0151 e. The molecule has 3 heterocycles. The van der Waals surface area contributed by atoms with Gasteiger partial charge < -0.3 is 10.2 Å². The van der Waals surface area contributed by atoms with E-state index in [1.54, 1.807) is 0 Å². The van der Waals surface area contributed by atoms with Crippen LogP contribution in [0.1, 0.15) is 38.5 Å². The summed E-state index contributed by atoms with van der Waals surface area (Å²) in [6.07, 6.45) is 8.57. The number of hydrogen-bond acceptors (Lipinski definition) is 3. The molecule has 0 aromatic carbocycles. The Morgan fingerprint density at radius 2 is 1.94 bits per heavy atom. The lowest BCUT2D eigenvalue weighted by atomic mass is 9.88. The Kier molecular flexibility index (Phi) is 4.22. The van der Waals surface area contributed by atoms with Gasteiger partial charge in [-0.2, -0.15) is 0 Å². The third kappa shape index (κ3) is 2.59. The first kappa shape index (κ1) is 12.9. The van der Waals surface area contributed by atoms with E-state index in [1.165, 1.54) is 71.2 Å². The molecule has 0 aliphatic carbocycles. The summed E-state index contributed by atoms with van der Waals surface area (Å²) in [7, 11) is 2.09. The first-order valence-electron chi connectivity index (χ1n) is 8.01. The Balaban J connectivity index is 1.64. The van der Waals surface area contributed by atoms with E-state index in [1.807, 2.05) is 0 Å². The molecule has 0 aromatic heterocycles. The van der Waals surface area contributed by atoms with Crippen LogP contribution in [0.4, 0.5) is 0 Å². The molecule has 104 valence electrons. The summed E-state index contributed by atoms with van der Waals surface area (Å²) in [4.78, 5) is 5.59. The Morgan fingerprint density at radius 3 is 2.83 bits per heavy atom. The first-order chi connectivity index (χ1) is 8.88. The number of nitrogens with zero attached hydrogens (tertiary/aromatic N) is 2. The van der Waals surface area contributed by atoms with Crippen molar-refractivity contribution in [2.24, 2.45) is 5.92 Å². The molecule has 0 radical (unpaired) electrons. The van der Waals surface area contributed by atoms with Gasteiger partial charge in [0.05, 0.1) is 0 Å². The number of hydrogen-bond donors (Lipinski definition) is 1. The molecular formula is C15H29N3. The summed E-state index contributed by atoms with van der Waals surface area (Å²) < 4.78 is 0. The fourth-order valence-corrected chi connectivity index (χ4v) is 4.45. The van der Waals surface area contributed by atoms with Gasteiger partial charge in [0.15, 0.2) is 0 Å². The summed E-state index contributed by atoms with van der Waals surface area (Å²) >= 11 is 0. The Labute approximate surface area is 112 Å². The van der Waals surface area contributed by atoms with Crippen molar-refractivity contribution in [1.29, 1.82) is 0 Å². The van der Waals surface area contributed by atoms with Gasteiger partial charge in [-0.3, -0.25) is 4.90 Å². The van der Waals surface area contributed by atoms with Gasteiger partial charge in [-0.15, -0.1) is 0 Å². The van der Waals surface area contributed by atoms with Crippen LogP contribution in [0.3, 0.4) is 0 Å². The Hall–Kier alpha value is -0.120. The van der Waals surface area contributed by atoms with Gasteiger partial charge in [0.2, 0.25) is 0 Å². The van der Waals surface area contributed by atoms with Crippen LogP contribution in [-0.2, 0) is 0 Å². The molecule has 3 heteroatoms. The highest BCUT2D eigenvalue weighted by atomic mass is 15.2. The maximum absolute atomic E-state index is 3.34. The van der Waals surface area contributed by atoms with Crippen LogP contribution in [0.5, 0.6) is 0 Å². The Bertz CT molecular complexity index is 268. The van der Waals surface area contributed by atoms with Crippen molar-refractivity contribution in [2.45, 2.75) is 50.6 Å². The van der Waals surface area contributed by atoms with Crippen LogP contribution < -0.4 is 5.32 Å². The minimum atomic E-state index is 0.864. The molecule has 0 amide bonds. The van der Waals surface area contributed by atoms with Gasteiger partial charge in [0.25, 0.3) is 0 Å². The highest BCUT2D eigenvalue weighted by Crippen LogP contribution is 2.34. The molecule has 3 saturated heterocycles. The molecule has 3 nitrogen and oxygen atoms in total. The van der Waals surface area contributed by atoms with Crippen molar-refractivity contribution in [1.82, 2.24) is 15.1 Å². The molecule has 2 bridgehead atoms. The fraction of sp³-hybridized carbons (Fsp3) is 1.00. The number of nitrogens with one attached hydrogen (secondary N) is 1. The molecule has 18 heavy (non-hydrogen) atoms. The van der Waals surface area contributed by atoms with E-state index in [9.17, 15) is 0 Å². The van der Waals surface area contributed by atoms with E-state index in [-0.39, 0.29) is 0 Å². The maximum atomic E-state index is 3.34. The van der Waals surface area contributed by atoms with Crippen molar-refractivity contribution in [3.8, 4) is 0 Å². The van der Waals surface area contributed by atoms with E-state index in [4.69, 9.17) is 0 Å². The van der Waals surface area contributed by atoms with E-state index >= 15 is 0 Å². The normalized spacial score (nSPS) is 41.2. The zero-order valence-corrected chi connectivity index (χ0v) is 11.9. The van der Waals surface area contributed by atoms with E-state index < -0.39 is 0 Å². The van der Waals surface area contributed by atoms with Crippen molar-refractivity contribution in [3.05, 3.63) is 0 Å². The topological polar surface area (TPSA) is 18.5 Å². The molecule has 3 rings (SSSR count). The average Bonchev–Trinajstić information content (AvgIpc) is 2.79. The molecule has 4 unspecified atom stereocenters. The van der Waals surface area contributed by atoms with Crippen molar-refractivity contribution in [3.63, 3.8) is 0 Å². The highest BCUT2D eigenvalue weighted by molar-refractivity contribution is 4.95. The molecular weight excluding hydrogens is 222 g/mol. The van der Waals surface area contributed by atoms with Crippen LogP contribution in [-0.4, -0.2) is 61.7 Å². The average molecular weight is 251 g/mol. The zero-order chi connectivity index (χ0) is 12.4. The molecule has 4 atom stereocenters. The van der Waals surface area contributed by atoms with E-state index in [0.29, 0.717) is 0 Å². The quantitative estimate of drug-likeness (QED) is 0.818. The van der Waals surface area contributed by atoms with Crippen LogP contribution in [0.2, 0.25) is 0 Å². The largest absolute Gasteiger partial charge is 0.320 e. The number of piperidine rings is 2. The van der Waals surface area contributed by atoms with Crippen LogP contribution >= 0.6 is 0 Å². The number of likely N-dealkylation sites (tertiary alicyclic amines) is 1. The summed E-state index contributed by atoms with van der Waals surface area (Å²) in [5.41, 5.74) is 0. The third-order valence-electron chi connectivity index (χ3n) is 5.42. The minimum Gasteiger partial charge on any atom is -0.320 e. The lowest BCUT2D eigenvalue weighted by Crippen LogP contribution is -2.53. The van der Waals surface area contributed by atoms with Gasteiger partial charge in [-0.1, -0.05) is 6.42 Å². The van der Waals surface area contributed by atoms with Crippen LogP contribution in [0, 0.1) is 5.92 Å². The van der Waals surface area contributed by atoms with E-state index in [0.717, 1.165) is 18.0 Å². The number of fused-ring (bicyclic) bond motifs is 2. The van der Waals surface area contributed by atoms with Gasteiger partial charge in [0, 0.05) is 18.6 Å². The first-order valence-corrected chi connectivity index (χ1v) is 8.01. The van der Waals surface area contributed by atoms with Crippen molar-refractivity contribution >= 4 is 0 Å². The summed E-state index contributed by atoms with van der Waals surface area (Å²) in [5, 5.41) is 3.34. The third-order valence-corrected chi connectivity index (χ3v) is 5.42. The van der Waals surface area contributed by atoms with Crippen molar-refractivity contribution in [2.75, 3.05) is 39.8 Å². The molecule has 3 aliphatic heterocycles. The minimum absolute atomic E-state index is 0.864. The maximum Gasteiger partial charge on any atom is 0.0151 e. The molecule has 3 aliphatic rings.